The maximum Gasteiger partial charge on any atom is 0.415 e. The fourth-order valence-electron chi connectivity index (χ4n) is 4.61. The number of fused-ring (bicyclic) bond motifs is 1. The Morgan fingerprint density at radius 3 is 2.26 bits per heavy atom. The van der Waals surface area contributed by atoms with E-state index < -0.39 is 16.6 Å². The van der Waals surface area contributed by atoms with Crippen LogP contribution in [0.4, 0.5) is 33.5 Å². The van der Waals surface area contributed by atoms with Gasteiger partial charge in [0.2, 0.25) is 11.6 Å². The number of amides is 1. The molecule has 0 spiro atoms. The van der Waals surface area contributed by atoms with E-state index in [2.05, 4.69) is 15.3 Å². The van der Waals surface area contributed by atoms with E-state index in [0.29, 0.717) is 43.4 Å². The zero-order valence-corrected chi connectivity index (χ0v) is 23.7. The minimum Gasteiger partial charge on any atom is -0.490 e. The van der Waals surface area contributed by atoms with Gasteiger partial charge in [-0.2, -0.15) is 0 Å². The van der Waals surface area contributed by atoms with E-state index in [-0.39, 0.29) is 17.3 Å². The highest BCUT2D eigenvalue weighted by molar-refractivity contribution is 5.91. The highest BCUT2D eigenvalue weighted by Crippen LogP contribution is 2.39. The van der Waals surface area contributed by atoms with Gasteiger partial charge in [0, 0.05) is 18.8 Å². The molecule has 1 aliphatic rings. The van der Waals surface area contributed by atoms with Gasteiger partial charge in [0.15, 0.2) is 0 Å². The van der Waals surface area contributed by atoms with Crippen LogP contribution in [0, 0.1) is 10.1 Å². The van der Waals surface area contributed by atoms with Gasteiger partial charge in [-0.1, -0.05) is 60.7 Å². The fraction of sp³-hybridized carbons (Fsp3) is 0.258. The van der Waals surface area contributed by atoms with Crippen LogP contribution in [-0.4, -0.2) is 39.7 Å². The zero-order chi connectivity index (χ0) is 29.7. The van der Waals surface area contributed by atoms with Crippen molar-refractivity contribution in [2.75, 3.05) is 28.3 Å². The normalized spacial score (nSPS) is 12.6. The Morgan fingerprint density at radius 1 is 1.02 bits per heavy atom. The van der Waals surface area contributed by atoms with Gasteiger partial charge in [0.25, 0.3) is 0 Å². The number of benzene rings is 3. The van der Waals surface area contributed by atoms with Gasteiger partial charge in [0.1, 0.15) is 24.3 Å². The van der Waals surface area contributed by atoms with Gasteiger partial charge in [0.05, 0.1) is 17.2 Å². The Balaban J connectivity index is 1.50. The van der Waals surface area contributed by atoms with Crippen LogP contribution in [0.15, 0.2) is 85.2 Å². The maximum absolute atomic E-state index is 12.9. The number of hydrogen-bond donors (Lipinski definition) is 1. The zero-order valence-electron chi connectivity index (χ0n) is 23.7. The third kappa shape index (κ3) is 6.74. The van der Waals surface area contributed by atoms with E-state index in [4.69, 9.17) is 9.47 Å². The molecule has 1 aliphatic heterocycles. The van der Waals surface area contributed by atoms with E-state index in [1.165, 1.54) is 11.2 Å². The topological polar surface area (TPSA) is 123 Å². The number of carbonyl (C=O) groups excluding carboxylic acids is 1. The van der Waals surface area contributed by atoms with E-state index >= 15 is 0 Å². The Bertz CT molecular complexity index is 1520. The molecule has 11 heteroatoms. The first-order chi connectivity index (χ1) is 20.2. The first-order valence-electron chi connectivity index (χ1n) is 13.5. The molecule has 0 unspecified atom stereocenters. The quantitative estimate of drug-likeness (QED) is 0.188. The van der Waals surface area contributed by atoms with Gasteiger partial charge in [-0.15, -0.1) is 0 Å². The number of ether oxygens (including phenoxy) is 2. The van der Waals surface area contributed by atoms with Crippen LogP contribution in [-0.2, 0) is 17.8 Å². The van der Waals surface area contributed by atoms with Gasteiger partial charge in [-0.3, -0.25) is 15.0 Å². The summed E-state index contributed by atoms with van der Waals surface area (Å²) in [6.07, 6.45) is 0.805. The molecule has 1 N–H and O–H groups in total. The fourth-order valence-corrected chi connectivity index (χ4v) is 4.61. The third-order valence-corrected chi connectivity index (χ3v) is 6.42. The van der Waals surface area contributed by atoms with E-state index in [1.807, 2.05) is 65.6 Å². The third-order valence-electron chi connectivity index (χ3n) is 6.42. The Hall–Kier alpha value is -5.19. The Labute approximate surface area is 243 Å². The average molecular weight is 569 g/mol. The monoisotopic (exact) mass is 568 g/mol. The standard InChI is InChI=1S/C31H32N6O5/c1-31(2,3)42-30(38)36-16-17-41-26-15-14-24(18-25(26)36)34-28-27(37(39)40)29(33-21-32-28)35(19-22-10-6-4-7-11-22)20-23-12-8-5-9-13-23/h4-15,18,21H,16-17,19-20H2,1-3H3,(H,32,33,34). The number of carbonyl (C=O) groups is 1. The second kappa shape index (κ2) is 12.1. The molecule has 1 amide bonds. The summed E-state index contributed by atoms with van der Waals surface area (Å²) in [5.41, 5.74) is 2.00. The molecule has 0 saturated carbocycles. The van der Waals surface area contributed by atoms with Crippen molar-refractivity contribution in [3.63, 3.8) is 0 Å². The van der Waals surface area contributed by atoms with Crippen molar-refractivity contribution in [3.8, 4) is 5.75 Å². The lowest BCUT2D eigenvalue weighted by atomic mass is 10.1. The maximum atomic E-state index is 12.9. The number of nitro groups is 1. The molecular formula is C31H32N6O5. The van der Waals surface area contributed by atoms with E-state index in [1.54, 1.807) is 39.0 Å². The first kappa shape index (κ1) is 28.3. The molecule has 0 aliphatic carbocycles. The molecule has 216 valence electrons. The minimum atomic E-state index is -0.672. The lowest BCUT2D eigenvalue weighted by Crippen LogP contribution is -2.41. The van der Waals surface area contributed by atoms with Crippen LogP contribution in [0.25, 0.3) is 0 Å². The molecule has 3 aromatic carbocycles. The summed E-state index contributed by atoms with van der Waals surface area (Å²) in [6.45, 7) is 6.82. The molecule has 0 bridgehead atoms. The van der Waals surface area contributed by atoms with Gasteiger partial charge >= 0.3 is 11.8 Å². The molecule has 0 fully saturated rings. The Morgan fingerprint density at radius 2 is 1.67 bits per heavy atom. The van der Waals surface area contributed by atoms with Crippen LogP contribution < -0.4 is 19.9 Å². The highest BCUT2D eigenvalue weighted by Gasteiger charge is 2.30. The molecule has 0 atom stereocenters. The van der Waals surface area contributed by atoms with Crippen LogP contribution in [0.2, 0.25) is 0 Å². The summed E-state index contributed by atoms with van der Waals surface area (Å²) in [5.74, 6) is 0.714. The van der Waals surface area contributed by atoms with Crippen LogP contribution in [0.5, 0.6) is 5.75 Å². The van der Waals surface area contributed by atoms with Crippen LogP contribution in [0.3, 0.4) is 0 Å². The summed E-state index contributed by atoms with van der Waals surface area (Å²) < 4.78 is 11.3. The van der Waals surface area contributed by atoms with E-state index in [9.17, 15) is 14.9 Å². The summed E-state index contributed by atoms with van der Waals surface area (Å²) in [6, 6.07) is 24.5. The van der Waals surface area contributed by atoms with Crippen molar-refractivity contribution < 1.29 is 19.2 Å². The predicted molar refractivity (Wildman–Crippen MR) is 160 cm³/mol. The largest absolute Gasteiger partial charge is 0.490 e. The SMILES string of the molecule is CC(C)(C)OC(=O)N1CCOc2ccc(Nc3ncnc(N(Cc4ccccc4)Cc4ccccc4)c3[N+](=O)[O-])cc21. The molecule has 11 nitrogen and oxygen atoms in total. The van der Waals surface area contributed by atoms with Gasteiger partial charge in [-0.05, 0) is 50.1 Å². The molecule has 4 aromatic rings. The van der Waals surface area contributed by atoms with Crippen LogP contribution >= 0.6 is 0 Å². The van der Waals surface area contributed by atoms with Crippen molar-refractivity contribution in [3.05, 3.63) is 106 Å². The number of rotatable bonds is 8. The van der Waals surface area contributed by atoms with Crippen molar-refractivity contribution in [2.45, 2.75) is 39.5 Å². The van der Waals surface area contributed by atoms with Gasteiger partial charge < -0.3 is 19.7 Å². The summed E-state index contributed by atoms with van der Waals surface area (Å²) >= 11 is 0. The predicted octanol–water partition coefficient (Wildman–Crippen LogP) is 6.47. The second-order valence-electron chi connectivity index (χ2n) is 10.8. The molecule has 1 aromatic heterocycles. The molecule has 0 radical (unpaired) electrons. The van der Waals surface area contributed by atoms with Crippen LogP contribution in [0.1, 0.15) is 31.9 Å². The minimum absolute atomic E-state index is 0.0246. The number of aromatic nitrogens is 2. The number of anilines is 4. The molecular weight excluding hydrogens is 536 g/mol. The van der Waals surface area contributed by atoms with Crippen molar-refractivity contribution in [1.29, 1.82) is 0 Å². The lowest BCUT2D eigenvalue weighted by molar-refractivity contribution is -0.383. The number of nitrogens with one attached hydrogen (secondary N) is 1. The number of nitrogens with zero attached hydrogens (tertiary/aromatic N) is 5. The first-order valence-corrected chi connectivity index (χ1v) is 13.5. The van der Waals surface area contributed by atoms with Gasteiger partial charge in [-0.25, -0.2) is 14.8 Å². The lowest BCUT2D eigenvalue weighted by Gasteiger charge is -2.31. The molecule has 42 heavy (non-hydrogen) atoms. The van der Waals surface area contributed by atoms with Crippen molar-refractivity contribution >= 4 is 34.8 Å². The van der Waals surface area contributed by atoms with Crippen molar-refractivity contribution in [1.82, 2.24) is 9.97 Å². The summed E-state index contributed by atoms with van der Waals surface area (Å²) in [5, 5.41) is 15.6. The highest BCUT2D eigenvalue weighted by atomic mass is 16.6. The molecule has 2 heterocycles. The molecule has 0 saturated heterocycles. The van der Waals surface area contributed by atoms with E-state index in [0.717, 1.165) is 11.1 Å². The smallest absolute Gasteiger partial charge is 0.415 e. The number of hydrogen-bond acceptors (Lipinski definition) is 9. The summed E-state index contributed by atoms with van der Waals surface area (Å²) in [7, 11) is 0. The molecule has 5 rings (SSSR count). The average Bonchev–Trinajstić information content (AvgIpc) is 2.96. The Kier molecular flexibility index (Phi) is 8.19. The van der Waals surface area contributed by atoms with Crippen molar-refractivity contribution in [2.24, 2.45) is 0 Å². The summed E-state index contributed by atoms with van der Waals surface area (Å²) in [4.78, 5) is 36.9. The second-order valence-corrected chi connectivity index (χ2v) is 10.8.